The molecule has 0 aliphatic heterocycles. The van der Waals surface area contributed by atoms with E-state index in [0.29, 0.717) is 6.04 Å². The molecule has 5 rings (SSSR count). The molecule has 0 atom stereocenters. The lowest BCUT2D eigenvalue weighted by molar-refractivity contribution is 0.0990. The van der Waals surface area contributed by atoms with Crippen LogP contribution in [0.5, 0.6) is 5.88 Å². The highest BCUT2D eigenvalue weighted by Crippen LogP contribution is 2.40. The van der Waals surface area contributed by atoms with Gasteiger partial charge in [0.1, 0.15) is 17.3 Å². The lowest BCUT2D eigenvalue weighted by atomic mass is 9.92. The van der Waals surface area contributed by atoms with Crippen LogP contribution in [0.1, 0.15) is 48.1 Å². The van der Waals surface area contributed by atoms with E-state index < -0.39 is 0 Å². The van der Waals surface area contributed by atoms with Crippen molar-refractivity contribution in [3.8, 4) is 5.88 Å². The first-order chi connectivity index (χ1) is 14.3. The first kappa shape index (κ1) is 19.0. The molecule has 2 aliphatic carbocycles. The maximum atomic E-state index is 6.45. The third-order valence-electron chi connectivity index (χ3n) is 6.61. The SMILES string of the molecule is CN(CCc1ccccc1)[C@H]1CC[C@H](Oc2ncnc3sc4c(c23)CCC4)CC1. The third-order valence-corrected chi connectivity index (χ3v) is 7.81. The highest BCUT2D eigenvalue weighted by atomic mass is 32.1. The van der Waals surface area contributed by atoms with Crippen LogP contribution in [0.4, 0.5) is 0 Å². The molecule has 4 nitrogen and oxygen atoms in total. The summed E-state index contributed by atoms with van der Waals surface area (Å²) in [5.41, 5.74) is 2.88. The Kier molecular flexibility index (Phi) is 5.51. The third kappa shape index (κ3) is 4.03. The standard InChI is InChI=1S/C24H29N3OS/c1-27(15-14-17-6-3-2-4-7-17)18-10-12-19(13-11-18)28-23-22-20-8-5-9-21(20)29-24(22)26-16-25-23/h2-4,6-7,16,18-19H,5,8-15H2,1H3/t18-,19-. The Bertz CT molecular complexity index is 963. The predicted molar refractivity (Wildman–Crippen MR) is 119 cm³/mol. The highest BCUT2D eigenvalue weighted by Gasteiger charge is 2.27. The number of aromatic nitrogens is 2. The van der Waals surface area contributed by atoms with E-state index >= 15 is 0 Å². The van der Waals surface area contributed by atoms with Crippen LogP contribution in [-0.4, -0.2) is 40.6 Å². The Balaban J connectivity index is 1.18. The van der Waals surface area contributed by atoms with Crippen molar-refractivity contribution in [3.05, 3.63) is 52.7 Å². The maximum absolute atomic E-state index is 6.45. The number of thiophene rings is 1. The Morgan fingerprint density at radius 3 is 2.72 bits per heavy atom. The van der Waals surface area contributed by atoms with E-state index in [9.17, 15) is 0 Å². The molecule has 0 unspecified atom stereocenters. The zero-order valence-electron chi connectivity index (χ0n) is 17.1. The molecule has 5 heteroatoms. The lowest BCUT2D eigenvalue weighted by Gasteiger charge is -2.34. The van der Waals surface area contributed by atoms with Crippen molar-refractivity contribution in [3.63, 3.8) is 0 Å². The fourth-order valence-corrected chi connectivity index (χ4v) is 6.10. The average molecular weight is 408 g/mol. The van der Waals surface area contributed by atoms with Gasteiger partial charge in [-0.15, -0.1) is 11.3 Å². The van der Waals surface area contributed by atoms with Gasteiger partial charge in [-0.3, -0.25) is 0 Å². The number of ether oxygens (including phenoxy) is 1. The van der Waals surface area contributed by atoms with Crippen LogP contribution < -0.4 is 4.74 Å². The first-order valence-electron chi connectivity index (χ1n) is 10.9. The molecular weight excluding hydrogens is 378 g/mol. The molecule has 1 saturated carbocycles. The van der Waals surface area contributed by atoms with Crippen LogP contribution in [0.2, 0.25) is 0 Å². The lowest BCUT2D eigenvalue weighted by Crippen LogP contribution is -2.38. The summed E-state index contributed by atoms with van der Waals surface area (Å²) in [6.45, 7) is 1.12. The van der Waals surface area contributed by atoms with Gasteiger partial charge in [0.15, 0.2) is 0 Å². The van der Waals surface area contributed by atoms with Crippen molar-refractivity contribution in [2.45, 2.75) is 63.5 Å². The Hall–Kier alpha value is -1.98. The molecule has 2 aromatic heterocycles. The summed E-state index contributed by atoms with van der Waals surface area (Å²) in [6.07, 6.45) is 11.3. The number of likely N-dealkylation sites (N-methyl/N-ethyl adjacent to an activating group) is 1. The Morgan fingerprint density at radius 2 is 1.90 bits per heavy atom. The first-order valence-corrected chi connectivity index (χ1v) is 11.8. The molecule has 1 fully saturated rings. The quantitative estimate of drug-likeness (QED) is 0.573. The monoisotopic (exact) mass is 407 g/mol. The summed E-state index contributed by atoms with van der Waals surface area (Å²) in [4.78, 5) is 14.2. The maximum Gasteiger partial charge on any atom is 0.225 e. The van der Waals surface area contributed by atoms with Gasteiger partial charge in [-0.05, 0) is 69.5 Å². The largest absolute Gasteiger partial charge is 0.474 e. The molecule has 0 amide bonds. The smallest absolute Gasteiger partial charge is 0.225 e. The van der Waals surface area contributed by atoms with Crippen LogP contribution in [0, 0.1) is 0 Å². The summed E-state index contributed by atoms with van der Waals surface area (Å²) < 4.78 is 6.45. The molecular formula is C24H29N3OS. The molecule has 3 aromatic rings. The van der Waals surface area contributed by atoms with Crippen LogP contribution in [0.25, 0.3) is 10.2 Å². The number of rotatable bonds is 6. The number of nitrogens with zero attached hydrogens (tertiary/aromatic N) is 3. The van der Waals surface area contributed by atoms with E-state index in [0.717, 1.165) is 42.9 Å². The number of benzene rings is 1. The fraction of sp³-hybridized carbons (Fsp3) is 0.500. The molecule has 29 heavy (non-hydrogen) atoms. The fourth-order valence-electron chi connectivity index (χ4n) is 4.88. The zero-order valence-corrected chi connectivity index (χ0v) is 18.0. The number of fused-ring (bicyclic) bond motifs is 3. The van der Waals surface area contributed by atoms with Crippen molar-refractivity contribution in [2.75, 3.05) is 13.6 Å². The minimum atomic E-state index is 0.281. The minimum Gasteiger partial charge on any atom is -0.474 e. The van der Waals surface area contributed by atoms with Gasteiger partial charge in [0.2, 0.25) is 5.88 Å². The number of hydrogen-bond donors (Lipinski definition) is 0. The second kappa shape index (κ2) is 8.41. The predicted octanol–water partition coefficient (Wildman–Crippen LogP) is 5.04. The molecule has 0 saturated heterocycles. The van der Waals surface area contributed by atoms with E-state index in [1.54, 1.807) is 6.33 Å². The van der Waals surface area contributed by atoms with Gasteiger partial charge in [0.05, 0.1) is 5.39 Å². The van der Waals surface area contributed by atoms with E-state index in [4.69, 9.17) is 4.74 Å². The topological polar surface area (TPSA) is 38.2 Å². The summed E-state index contributed by atoms with van der Waals surface area (Å²) in [5.74, 6) is 0.829. The summed E-state index contributed by atoms with van der Waals surface area (Å²) >= 11 is 1.83. The van der Waals surface area contributed by atoms with Crippen molar-refractivity contribution in [2.24, 2.45) is 0 Å². The van der Waals surface area contributed by atoms with Crippen molar-refractivity contribution in [1.29, 1.82) is 0 Å². The van der Waals surface area contributed by atoms with Gasteiger partial charge in [-0.1, -0.05) is 30.3 Å². The van der Waals surface area contributed by atoms with Gasteiger partial charge in [-0.2, -0.15) is 0 Å². The van der Waals surface area contributed by atoms with Crippen LogP contribution in [0.15, 0.2) is 36.7 Å². The van der Waals surface area contributed by atoms with Gasteiger partial charge in [-0.25, -0.2) is 9.97 Å². The van der Waals surface area contributed by atoms with Crippen LogP contribution in [0.3, 0.4) is 0 Å². The molecule has 1 aromatic carbocycles. The van der Waals surface area contributed by atoms with Gasteiger partial charge < -0.3 is 9.64 Å². The number of aryl methyl sites for hydroxylation is 2. The van der Waals surface area contributed by atoms with Gasteiger partial charge in [0, 0.05) is 17.5 Å². The Labute approximate surface area is 176 Å². The second-order valence-electron chi connectivity index (χ2n) is 8.48. The van der Waals surface area contributed by atoms with E-state index in [-0.39, 0.29) is 6.10 Å². The molecule has 0 spiro atoms. The zero-order chi connectivity index (χ0) is 19.6. The van der Waals surface area contributed by atoms with E-state index in [1.807, 2.05) is 11.3 Å². The Morgan fingerprint density at radius 1 is 1.07 bits per heavy atom. The molecule has 2 aliphatic rings. The minimum absolute atomic E-state index is 0.281. The van der Waals surface area contributed by atoms with Gasteiger partial charge >= 0.3 is 0 Å². The average Bonchev–Trinajstić information content (AvgIpc) is 3.35. The molecule has 0 bridgehead atoms. The molecule has 0 N–H and O–H groups in total. The highest BCUT2D eigenvalue weighted by molar-refractivity contribution is 7.18. The summed E-state index contributed by atoms with van der Waals surface area (Å²) in [5, 5.41) is 1.20. The molecule has 2 heterocycles. The van der Waals surface area contributed by atoms with Crippen molar-refractivity contribution in [1.82, 2.24) is 14.9 Å². The summed E-state index contributed by atoms with van der Waals surface area (Å²) in [6, 6.07) is 11.5. The molecule has 0 radical (unpaired) electrons. The van der Waals surface area contributed by atoms with Gasteiger partial charge in [0.25, 0.3) is 0 Å². The van der Waals surface area contributed by atoms with Crippen LogP contribution in [-0.2, 0) is 19.3 Å². The van der Waals surface area contributed by atoms with Crippen molar-refractivity contribution < 1.29 is 4.74 Å². The number of hydrogen-bond acceptors (Lipinski definition) is 5. The summed E-state index contributed by atoms with van der Waals surface area (Å²) in [7, 11) is 2.28. The van der Waals surface area contributed by atoms with Crippen LogP contribution >= 0.6 is 11.3 Å². The molecule has 152 valence electrons. The van der Waals surface area contributed by atoms with E-state index in [1.165, 1.54) is 47.1 Å². The van der Waals surface area contributed by atoms with Crippen molar-refractivity contribution >= 4 is 21.6 Å². The second-order valence-corrected chi connectivity index (χ2v) is 9.56. The van der Waals surface area contributed by atoms with E-state index in [2.05, 4.69) is 52.2 Å². The normalized spacial score (nSPS) is 21.6.